The molecule has 0 saturated heterocycles. The third kappa shape index (κ3) is 3.20. The molecular weight excluding hydrogens is 304 g/mol. The first-order chi connectivity index (χ1) is 10.1. The van der Waals surface area contributed by atoms with Crippen molar-refractivity contribution in [3.63, 3.8) is 0 Å². The predicted molar refractivity (Wildman–Crippen MR) is 89.4 cm³/mol. The monoisotopic (exact) mass is 316 g/mol. The largest absolute Gasteiger partial charge is 0.383 e. The molecule has 0 saturated carbocycles. The van der Waals surface area contributed by atoms with Gasteiger partial charge >= 0.3 is 0 Å². The molecule has 6 heteroatoms. The second-order valence-electron chi connectivity index (χ2n) is 4.56. The molecule has 0 bridgehead atoms. The molecule has 0 aliphatic rings. The fourth-order valence-electron chi connectivity index (χ4n) is 1.99. The molecule has 0 amide bonds. The van der Waals surface area contributed by atoms with Gasteiger partial charge in [-0.3, -0.25) is 0 Å². The van der Waals surface area contributed by atoms with Gasteiger partial charge in [0.25, 0.3) is 0 Å². The maximum Gasteiger partial charge on any atom is 0.222 e. The number of anilines is 2. The second kappa shape index (κ2) is 5.79. The van der Waals surface area contributed by atoms with Crippen LogP contribution in [0.25, 0.3) is 10.9 Å². The minimum atomic E-state index is 0.196. The van der Waals surface area contributed by atoms with Crippen LogP contribution in [0.2, 0.25) is 5.02 Å². The average Bonchev–Trinajstić information content (AvgIpc) is 2.47. The van der Waals surface area contributed by atoms with Gasteiger partial charge in [0.15, 0.2) is 0 Å². The zero-order valence-corrected chi connectivity index (χ0v) is 12.7. The molecule has 4 nitrogen and oxygen atoms in total. The van der Waals surface area contributed by atoms with Crippen molar-refractivity contribution in [3.05, 3.63) is 53.1 Å². The quantitative estimate of drug-likeness (QED) is 0.720. The fraction of sp³-hybridized carbons (Fsp3) is 0.0667. The van der Waals surface area contributed by atoms with Crippen LogP contribution in [-0.2, 0) is 5.75 Å². The molecule has 0 spiro atoms. The van der Waals surface area contributed by atoms with Gasteiger partial charge in [0.05, 0.1) is 5.52 Å². The highest BCUT2D eigenvalue weighted by Crippen LogP contribution is 2.28. The third-order valence-corrected chi connectivity index (χ3v) is 4.35. The minimum absolute atomic E-state index is 0.196. The van der Waals surface area contributed by atoms with Crippen molar-refractivity contribution >= 4 is 46.0 Å². The van der Waals surface area contributed by atoms with E-state index in [1.807, 2.05) is 42.5 Å². The van der Waals surface area contributed by atoms with Gasteiger partial charge in [-0.25, -0.2) is 4.98 Å². The maximum absolute atomic E-state index is 5.89. The normalized spacial score (nSPS) is 10.9. The number of hydrogen-bond acceptors (Lipinski definition) is 5. The Bertz CT molecular complexity index is 790. The van der Waals surface area contributed by atoms with Crippen LogP contribution in [0.15, 0.2) is 47.4 Å². The smallest absolute Gasteiger partial charge is 0.222 e. The number of hydrogen-bond donors (Lipinski definition) is 2. The summed E-state index contributed by atoms with van der Waals surface area (Å²) >= 11 is 7.60. The Labute approximate surface area is 131 Å². The van der Waals surface area contributed by atoms with E-state index >= 15 is 0 Å². The number of nitrogens with two attached hydrogens (primary N) is 2. The number of aromatic nitrogens is 2. The van der Waals surface area contributed by atoms with Crippen LogP contribution in [0, 0.1) is 0 Å². The lowest BCUT2D eigenvalue weighted by Gasteiger charge is -2.06. The van der Waals surface area contributed by atoms with Gasteiger partial charge in [-0.15, -0.1) is 11.8 Å². The lowest BCUT2D eigenvalue weighted by molar-refractivity contribution is 1.24. The number of halogens is 1. The lowest BCUT2D eigenvalue weighted by atomic mass is 10.2. The molecule has 3 rings (SSSR count). The molecule has 1 aromatic heterocycles. The molecular formula is C15H13ClN4S. The fourth-order valence-corrected chi connectivity index (χ4v) is 3.00. The highest BCUT2D eigenvalue weighted by atomic mass is 35.5. The van der Waals surface area contributed by atoms with Gasteiger partial charge in [-0.1, -0.05) is 23.7 Å². The zero-order chi connectivity index (χ0) is 14.8. The standard InChI is InChI=1S/C15H13ClN4S/c16-10-3-1-9(2-4-10)8-21-11-5-6-13-12(7-11)14(17)20-15(18)19-13/h1-7H,8H2,(H4,17,18,19,20). The maximum atomic E-state index is 5.89. The highest BCUT2D eigenvalue weighted by molar-refractivity contribution is 7.98. The van der Waals surface area contributed by atoms with Crippen molar-refractivity contribution in [1.82, 2.24) is 9.97 Å². The molecule has 4 N–H and O–H groups in total. The first kappa shape index (κ1) is 14.0. The first-order valence-electron chi connectivity index (χ1n) is 6.32. The Morgan fingerprint density at radius 1 is 1.00 bits per heavy atom. The summed E-state index contributed by atoms with van der Waals surface area (Å²) in [5.41, 5.74) is 13.5. The van der Waals surface area contributed by atoms with E-state index in [4.69, 9.17) is 23.1 Å². The van der Waals surface area contributed by atoms with Gasteiger partial charge < -0.3 is 11.5 Å². The van der Waals surface area contributed by atoms with Gasteiger partial charge in [-0.05, 0) is 35.9 Å². The third-order valence-electron chi connectivity index (χ3n) is 3.03. The summed E-state index contributed by atoms with van der Waals surface area (Å²) in [6.45, 7) is 0. The molecule has 0 fully saturated rings. The van der Waals surface area contributed by atoms with Crippen LogP contribution in [0.4, 0.5) is 11.8 Å². The van der Waals surface area contributed by atoms with Gasteiger partial charge in [-0.2, -0.15) is 4.98 Å². The number of thioether (sulfide) groups is 1. The van der Waals surface area contributed by atoms with E-state index in [2.05, 4.69) is 9.97 Å². The number of benzene rings is 2. The molecule has 3 aromatic rings. The molecule has 0 aliphatic heterocycles. The first-order valence-corrected chi connectivity index (χ1v) is 7.68. The Morgan fingerprint density at radius 2 is 1.76 bits per heavy atom. The van der Waals surface area contributed by atoms with Crippen molar-refractivity contribution in [2.24, 2.45) is 0 Å². The number of nitrogens with zero attached hydrogens (tertiary/aromatic N) is 2. The summed E-state index contributed by atoms with van der Waals surface area (Å²) in [4.78, 5) is 9.27. The second-order valence-corrected chi connectivity index (χ2v) is 6.05. The number of nitrogen functional groups attached to an aromatic ring is 2. The summed E-state index contributed by atoms with van der Waals surface area (Å²) in [6, 6.07) is 13.7. The van der Waals surface area contributed by atoms with Crippen molar-refractivity contribution in [1.29, 1.82) is 0 Å². The predicted octanol–water partition coefficient (Wildman–Crippen LogP) is 3.74. The minimum Gasteiger partial charge on any atom is -0.383 e. The lowest BCUT2D eigenvalue weighted by Crippen LogP contribution is -2.00. The highest BCUT2D eigenvalue weighted by Gasteiger charge is 2.05. The van der Waals surface area contributed by atoms with Crippen molar-refractivity contribution in [2.75, 3.05) is 11.5 Å². The van der Waals surface area contributed by atoms with E-state index in [1.54, 1.807) is 11.8 Å². The van der Waals surface area contributed by atoms with Crippen LogP contribution in [0.1, 0.15) is 5.56 Å². The number of fused-ring (bicyclic) bond motifs is 1. The van der Waals surface area contributed by atoms with E-state index in [9.17, 15) is 0 Å². The SMILES string of the molecule is Nc1nc(N)c2cc(SCc3ccc(Cl)cc3)ccc2n1. The summed E-state index contributed by atoms with van der Waals surface area (Å²) in [6.07, 6.45) is 0. The Balaban J connectivity index is 1.83. The van der Waals surface area contributed by atoms with Crippen LogP contribution in [0.3, 0.4) is 0 Å². The molecule has 106 valence electrons. The molecule has 0 radical (unpaired) electrons. The van der Waals surface area contributed by atoms with Crippen LogP contribution in [-0.4, -0.2) is 9.97 Å². The summed E-state index contributed by atoms with van der Waals surface area (Å²) in [7, 11) is 0. The van der Waals surface area contributed by atoms with Crippen molar-refractivity contribution in [2.45, 2.75) is 10.6 Å². The van der Waals surface area contributed by atoms with E-state index in [1.165, 1.54) is 5.56 Å². The average molecular weight is 317 g/mol. The molecule has 1 heterocycles. The van der Waals surface area contributed by atoms with Crippen molar-refractivity contribution < 1.29 is 0 Å². The molecule has 0 aliphatic carbocycles. The number of rotatable bonds is 3. The molecule has 0 unspecified atom stereocenters. The van der Waals surface area contributed by atoms with E-state index in [-0.39, 0.29) is 5.95 Å². The summed E-state index contributed by atoms with van der Waals surface area (Å²) in [5, 5.41) is 1.57. The van der Waals surface area contributed by atoms with E-state index < -0.39 is 0 Å². The van der Waals surface area contributed by atoms with Crippen LogP contribution in [0.5, 0.6) is 0 Å². The Kier molecular flexibility index (Phi) is 3.86. The topological polar surface area (TPSA) is 77.8 Å². The zero-order valence-electron chi connectivity index (χ0n) is 11.1. The van der Waals surface area contributed by atoms with Gasteiger partial charge in [0, 0.05) is 21.1 Å². The Morgan fingerprint density at radius 3 is 2.52 bits per heavy atom. The van der Waals surface area contributed by atoms with Crippen LogP contribution < -0.4 is 11.5 Å². The van der Waals surface area contributed by atoms with E-state index in [0.717, 1.165) is 26.6 Å². The molecule has 21 heavy (non-hydrogen) atoms. The van der Waals surface area contributed by atoms with Gasteiger partial charge in [0.2, 0.25) is 5.95 Å². The van der Waals surface area contributed by atoms with Crippen LogP contribution >= 0.6 is 23.4 Å². The van der Waals surface area contributed by atoms with E-state index in [0.29, 0.717) is 5.82 Å². The summed E-state index contributed by atoms with van der Waals surface area (Å²) in [5.74, 6) is 1.46. The molecule has 2 aromatic carbocycles. The van der Waals surface area contributed by atoms with Gasteiger partial charge in [0.1, 0.15) is 5.82 Å². The summed E-state index contributed by atoms with van der Waals surface area (Å²) < 4.78 is 0. The molecule has 0 atom stereocenters. The van der Waals surface area contributed by atoms with Crippen molar-refractivity contribution in [3.8, 4) is 0 Å². The Hall–Kier alpha value is -1.98.